The van der Waals surface area contributed by atoms with E-state index in [1.807, 2.05) is 17.5 Å². The number of benzene rings is 1. The van der Waals surface area contributed by atoms with E-state index in [0.29, 0.717) is 31.7 Å². The van der Waals surface area contributed by atoms with Crippen molar-refractivity contribution in [3.8, 4) is 10.6 Å². The van der Waals surface area contributed by atoms with E-state index in [1.54, 1.807) is 52.9 Å². The van der Waals surface area contributed by atoms with Crippen LogP contribution in [0.1, 0.15) is 12.1 Å². The summed E-state index contributed by atoms with van der Waals surface area (Å²) in [4.78, 5) is 34.0. The topological polar surface area (TPSA) is 84.4 Å². The van der Waals surface area contributed by atoms with Crippen LogP contribution in [0.3, 0.4) is 0 Å². The lowest BCUT2D eigenvalue weighted by atomic mass is 10.2. The molecule has 7 nitrogen and oxygen atoms in total. The van der Waals surface area contributed by atoms with Crippen LogP contribution in [0.25, 0.3) is 10.6 Å². The van der Waals surface area contributed by atoms with Crippen molar-refractivity contribution in [2.24, 2.45) is 0 Å². The molecular weight excluding hydrogens is 376 g/mol. The Hall–Kier alpha value is -3.26. The Balaban J connectivity index is 1.30. The number of aryl methyl sites for hydroxylation is 1. The van der Waals surface area contributed by atoms with E-state index in [-0.39, 0.29) is 12.0 Å². The molecule has 1 saturated heterocycles. The zero-order chi connectivity index (χ0) is 19.3. The molecule has 0 radical (unpaired) electrons. The van der Waals surface area contributed by atoms with Crippen LogP contribution in [0.5, 0.6) is 0 Å². The van der Waals surface area contributed by atoms with Gasteiger partial charge in [0.2, 0.25) is 5.91 Å². The van der Waals surface area contributed by atoms with E-state index in [2.05, 4.69) is 15.3 Å². The number of nitrogens with one attached hydrogen (secondary N) is 1. The lowest BCUT2D eigenvalue weighted by Gasteiger charge is -2.13. The smallest absolute Gasteiger partial charge is 0.414 e. The summed E-state index contributed by atoms with van der Waals surface area (Å²) in [6.07, 6.45) is 4.06. The van der Waals surface area contributed by atoms with Crippen molar-refractivity contribution in [3.63, 3.8) is 0 Å². The summed E-state index contributed by atoms with van der Waals surface area (Å²) in [6.45, 7) is 0.941. The van der Waals surface area contributed by atoms with Gasteiger partial charge in [-0.3, -0.25) is 14.7 Å². The first kappa shape index (κ1) is 18.1. The lowest BCUT2D eigenvalue weighted by molar-refractivity contribution is -0.116. The molecule has 0 atom stereocenters. The van der Waals surface area contributed by atoms with Gasteiger partial charge in [0.1, 0.15) is 11.6 Å². The maximum absolute atomic E-state index is 12.2. The van der Waals surface area contributed by atoms with Crippen LogP contribution in [0.4, 0.5) is 16.2 Å². The molecule has 28 heavy (non-hydrogen) atoms. The van der Waals surface area contributed by atoms with E-state index in [1.165, 1.54) is 0 Å². The highest BCUT2D eigenvalue weighted by Crippen LogP contribution is 2.24. The molecule has 1 N–H and O–H groups in total. The predicted molar refractivity (Wildman–Crippen MR) is 107 cm³/mol. The third kappa shape index (κ3) is 4.17. The lowest BCUT2D eigenvalue weighted by Crippen LogP contribution is -2.23. The van der Waals surface area contributed by atoms with Gasteiger partial charge in [-0.15, -0.1) is 11.3 Å². The average Bonchev–Trinajstić information content (AvgIpc) is 3.37. The second-order valence-corrected chi connectivity index (χ2v) is 7.10. The molecule has 1 aliphatic rings. The van der Waals surface area contributed by atoms with Gasteiger partial charge in [-0.2, -0.15) is 0 Å². The van der Waals surface area contributed by atoms with Crippen LogP contribution in [-0.2, 0) is 16.0 Å². The highest BCUT2D eigenvalue weighted by molar-refractivity contribution is 7.13. The van der Waals surface area contributed by atoms with E-state index in [4.69, 9.17) is 4.74 Å². The highest BCUT2D eigenvalue weighted by Gasteiger charge is 2.23. The van der Waals surface area contributed by atoms with Crippen LogP contribution in [-0.4, -0.2) is 35.1 Å². The number of ether oxygens (including phenoxy) is 1. The van der Waals surface area contributed by atoms with Crippen LogP contribution in [0.15, 0.2) is 54.2 Å². The third-order valence-corrected chi connectivity index (χ3v) is 5.25. The first-order valence-corrected chi connectivity index (χ1v) is 9.76. The number of pyridine rings is 1. The quantitative estimate of drug-likeness (QED) is 0.689. The number of rotatable bonds is 6. The molecular formula is C20H18N4O3S. The molecule has 1 fully saturated rings. The Morgan fingerprint density at radius 1 is 1.18 bits per heavy atom. The van der Waals surface area contributed by atoms with Crippen molar-refractivity contribution in [2.75, 3.05) is 23.4 Å². The summed E-state index contributed by atoms with van der Waals surface area (Å²) in [5.74, 6) is -0.0770. The second kappa shape index (κ2) is 8.18. The van der Waals surface area contributed by atoms with Gasteiger partial charge in [-0.05, 0) is 42.8 Å². The summed E-state index contributed by atoms with van der Waals surface area (Å²) in [5.41, 5.74) is 3.37. The SMILES string of the molecule is O=C(CCc1csc(-c2ccncc2)n1)Nc1ccc(N2CCOC2=O)cc1. The molecule has 0 saturated carbocycles. The van der Waals surface area contributed by atoms with Crippen molar-refractivity contribution < 1.29 is 14.3 Å². The normalized spacial score (nSPS) is 13.4. The van der Waals surface area contributed by atoms with Crippen LogP contribution >= 0.6 is 11.3 Å². The number of hydrogen-bond acceptors (Lipinski definition) is 6. The largest absolute Gasteiger partial charge is 0.447 e. The van der Waals surface area contributed by atoms with Crippen molar-refractivity contribution in [3.05, 3.63) is 59.9 Å². The molecule has 0 spiro atoms. The van der Waals surface area contributed by atoms with Crippen molar-refractivity contribution in [1.29, 1.82) is 0 Å². The maximum Gasteiger partial charge on any atom is 0.414 e. The molecule has 0 aliphatic carbocycles. The fourth-order valence-electron chi connectivity index (χ4n) is 2.87. The van der Waals surface area contributed by atoms with Crippen molar-refractivity contribution >= 4 is 34.7 Å². The number of thiazole rings is 1. The van der Waals surface area contributed by atoms with E-state index in [0.717, 1.165) is 22.0 Å². The summed E-state index contributed by atoms with van der Waals surface area (Å²) in [7, 11) is 0. The van der Waals surface area contributed by atoms with Gasteiger partial charge < -0.3 is 10.1 Å². The molecule has 1 aliphatic heterocycles. The van der Waals surface area contributed by atoms with Gasteiger partial charge in [0.15, 0.2) is 0 Å². The van der Waals surface area contributed by atoms with Gasteiger partial charge in [0.25, 0.3) is 0 Å². The second-order valence-electron chi connectivity index (χ2n) is 6.24. The van der Waals surface area contributed by atoms with Crippen LogP contribution < -0.4 is 10.2 Å². The minimum atomic E-state index is -0.341. The Bertz CT molecular complexity index is 973. The van der Waals surface area contributed by atoms with Gasteiger partial charge in [-0.1, -0.05) is 0 Å². The maximum atomic E-state index is 12.2. The zero-order valence-electron chi connectivity index (χ0n) is 15.0. The fraction of sp³-hybridized carbons (Fsp3) is 0.200. The summed E-state index contributed by atoms with van der Waals surface area (Å²) >= 11 is 1.56. The molecule has 3 aromatic rings. The van der Waals surface area contributed by atoms with Crippen LogP contribution in [0.2, 0.25) is 0 Å². The molecule has 8 heteroatoms. The van der Waals surface area contributed by atoms with Crippen molar-refractivity contribution in [2.45, 2.75) is 12.8 Å². The Kier molecular flexibility index (Phi) is 5.29. The minimum absolute atomic E-state index is 0.0770. The third-order valence-electron chi connectivity index (χ3n) is 4.31. The monoisotopic (exact) mass is 394 g/mol. The Morgan fingerprint density at radius 2 is 1.96 bits per heavy atom. The number of carbonyl (C=O) groups excluding carboxylic acids is 2. The molecule has 0 unspecified atom stereocenters. The number of amides is 2. The van der Waals surface area contributed by atoms with E-state index in [9.17, 15) is 9.59 Å². The standard InChI is InChI=1S/C20H18N4O3S/c25-18(6-3-16-13-28-19(23-16)14-7-9-21-10-8-14)22-15-1-4-17(5-2-15)24-11-12-27-20(24)26/h1-2,4-5,7-10,13H,3,6,11-12H2,(H,22,25). The number of hydrogen-bond donors (Lipinski definition) is 1. The summed E-state index contributed by atoms with van der Waals surface area (Å²) in [5, 5.41) is 5.78. The van der Waals surface area contributed by atoms with Gasteiger partial charge >= 0.3 is 6.09 Å². The average molecular weight is 394 g/mol. The van der Waals surface area contributed by atoms with E-state index < -0.39 is 0 Å². The molecule has 4 rings (SSSR count). The predicted octanol–water partition coefficient (Wildman–Crippen LogP) is 3.73. The molecule has 3 heterocycles. The summed E-state index contributed by atoms with van der Waals surface area (Å²) in [6, 6.07) is 11.0. The van der Waals surface area contributed by atoms with E-state index >= 15 is 0 Å². The Labute approximate surface area is 166 Å². The summed E-state index contributed by atoms with van der Waals surface area (Å²) < 4.78 is 4.93. The molecule has 2 amide bonds. The van der Waals surface area contributed by atoms with Crippen molar-refractivity contribution in [1.82, 2.24) is 9.97 Å². The van der Waals surface area contributed by atoms with Gasteiger partial charge in [0, 0.05) is 41.1 Å². The number of cyclic esters (lactones) is 1. The molecule has 0 bridgehead atoms. The Morgan fingerprint density at radius 3 is 2.68 bits per heavy atom. The zero-order valence-corrected chi connectivity index (χ0v) is 15.8. The highest BCUT2D eigenvalue weighted by atomic mass is 32.1. The number of nitrogens with zero attached hydrogens (tertiary/aromatic N) is 3. The first-order chi connectivity index (χ1) is 13.7. The van der Waals surface area contributed by atoms with Gasteiger partial charge in [-0.25, -0.2) is 9.78 Å². The van der Waals surface area contributed by atoms with Crippen LogP contribution in [0, 0.1) is 0 Å². The molecule has 2 aromatic heterocycles. The molecule has 142 valence electrons. The van der Waals surface area contributed by atoms with Gasteiger partial charge in [0.05, 0.1) is 12.2 Å². The minimum Gasteiger partial charge on any atom is -0.447 e. The molecule has 1 aromatic carbocycles. The number of anilines is 2. The first-order valence-electron chi connectivity index (χ1n) is 8.88. The number of carbonyl (C=O) groups is 2. The fourth-order valence-corrected chi connectivity index (χ4v) is 3.73. The number of aromatic nitrogens is 2.